The second-order valence-corrected chi connectivity index (χ2v) is 3.59. The molecule has 0 aliphatic rings. The molecule has 0 bridgehead atoms. The van der Waals surface area contributed by atoms with Crippen LogP contribution in [0.25, 0.3) is 11.1 Å². The number of anilines is 1. The van der Waals surface area contributed by atoms with Crippen LogP contribution in [0.1, 0.15) is 0 Å². The second kappa shape index (κ2) is 3.95. The van der Waals surface area contributed by atoms with Crippen LogP contribution in [0.2, 0.25) is 0 Å². The molecule has 0 aliphatic carbocycles. The lowest BCUT2D eigenvalue weighted by molar-refractivity contribution is 0.247. The van der Waals surface area contributed by atoms with Gasteiger partial charge < -0.3 is 4.42 Å². The molecule has 0 spiro atoms. The van der Waals surface area contributed by atoms with Gasteiger partial charge in [0.1, 0.15) is 0 Å². The normalized spacial score (nSPS) is 10.5. The molecule has 0 fully saturated rings. The fourth-order valence-electron chi connectivity index (χ4n) is 1.54. The van der Waals surface area contributed by atoms with Crippen LogP contribution in [-0.4, -0.2) is 17.6 Å². The Labute approximate surface area is 96.4 Å². The van der Waals surface area contributed by atoms with Gasteiger partial charge in [-0.25, -0.2) is 15.4 Å². The number of nitrogens with two attached hydrogens (primary N) is 1. The maximum Gasteiger partial charge on any atom is 0.419 e. The Hall–Kier alpha value is -2.28. The monoisotopic (exact) mass is 236 g/mol. The first-order chi connectivity index (χ1) is 8.04. The predicted octanol–water partition coefficient (Wildman–Crippen LogP) is 0.151. The van der Waals surface area contributed by atoms with Crippen molar-refractivity contribution in [3.63, 3.8) is 0 Å². The van der Waals surface area contributed by atoms with E-state index >= 15 is 0 Å². The van der Waals surface area contributed by atoms with Crippen molar-refractivity contribution in [1.29, 1.82) is 0 Å². The molecule has 1 aromatic heterocycles. The predicted molar refractivity (Wildman–Crippen MR) is 62.6 cm³/mol. The summed E-state index contributed by atoms with van der Waals surface area (Å²) in [5.41, 5.74) is 3.72. The van der Waals surface area contributed by atoms with Gasteiger partial charge in [0, 0.05) is 19.8 Å². The number of aromatic nitrogens is 1. The van der Waals surface area contributed by atoms with Crippen molar-refractivity contribution in [3.8, 4) is 0 Å². The Morgan fingerprint density at radius 1 is 1.53 bits per heavy atom. The van der Waals surface area contributed by atoms with Crippen molar-refractivity contribution in [2.75, 3.05) is 11.9 Å². The first-order valence-corrected chi connectivity index (χ1v) is 4.88. The van der Waals surface area contributed by atoms with Crippen LogP contribution in [0, 0.1) is 0 Å². The van der Waals surface area contributed by atoms with Crippen molar-refractivity contribution in [3.05, 3.63) is 28.7 Å². The van der Waals surface area contributed by atoms with E-state index in [1.165, 1.54) is 9.47 Å². The van der Waals surface area contributed by atoms with Gasteiger partial charge in [-0.05, 0) is 18.2 Å². The van der Waals surface area contributed by atoms with Crippen molar-refractivity contribution < 1.29 is 9.21 Å². The standard InChI is InChI=1S/C10H12N4O3/c1-13(9(15)12-11)6-3-4-8-7(5-6)14(2)10(16)17-8/h3-5H,11H2,1-2H3,(H,12,15). The molecule has 90 valence electrons. The third kappa shape index (κ3) is 1.76. The summed E-state index contributed by atoms with van der Waals surface area (Å²) >= 11 is 0. The zero-order valence-corrected chi connectivity index (χ0v) is 9.43. The Balaban J connectivity index is 2.54. The number of urea groups is 1. The van der Waals surface area contributed by atoms with E-state index in [9.17, 15) is 9.59 Å². The summed E-state index contributed by atoms with van der Waals surface area (Å²) in [4.78, 5) is 24.0. The molecular formula is C10H12N4O3. The van der Waals surface area contributed by atoms with Gasteiger partial charge in [-0.2, -0.15) is 0 Å². The molecule has 3 N–H and O–H groups in total. The number of nitrogens with zero attached hydrogens (tertiary/aromatic N) is 2. The van der Waals surface area contributed by atoms with Crippen LogP contribution in [0.4, 0.5) is 10.5 Å². The van der Waals surface area contributed by atoms with Gasteiger partial charge >= 0.3 is 11.8 Å². The van der Waals surface area contributed by atoms with Gasteiger partial charge in [-0.1, -0.05) is 0 Å². The van der Waals surface area contributed by atoms with Crippen LogP contribution >= 0.6 is 0 Å². The summed E-state index contributed by atoms with van der Waals surface area (Å²) in [6, 6.07) is 4.53. The van der Waals surface area contributed by atoms with Crippen LogP contribution in [0.15, 0.2) is 27.4 Å². The SMILES string of the molecule is CN(C(=O)NN)c1ccc2oc(=O)n(C)c2c1. The fourth-order valence-corrected chi connectivity index (χ4v) is 1.54. The van der Waals surface area contributed by atoms with E-state index in [0.29, 0.717) is 16.8 Å². The van der Waals surface area contributed by atoms with Gasteiger partial charge in [-0.15, -0.1) is 0 Å². The first kappa shape index (κ1) is 11.2. The van der Waals surface area contributed by atoms with Gasteiger partial charge in [0.25, 0.3) is 0 Å². The zero-order valence-electron chi connectivity index (χ0n) is 9.43. The average Bonchev–Trinajstić information content (AvgIpc) is 2.63. The number of benzene rings is 1. The van der Waals surface area contributed by atoms with E-state index in [1.54, 1.807) is 32.3 Å². The molecule has 0 saturated heterocycles. The molecule has 0 radical (unpaired) electrons. The minimum atomic E-state index is -0.446. The van der Waals surface area contributed by atoms with E-state index in [4.69, 9.17) is 10.3 Å². The molecule has 7 heteroatoms. The summed E-state index contributed by atoms with van der Waals surface area (Å²) in [6.45, 7) is 0. The second-order valence-electron chi connectivity index (χ2n) is 3.59. The van der Waals surface area contributed by atoms with Crippen molar-refractivity contribution >= 4 is 22.8 Å². The first-order valence-electron chi connectivity index (χ1n) is 4.88. The average molecular weight is 236 g/mol. The number of oxazole rings is 1. The third-order valence-electron chi connectivity index (χ3n) is 2.59. The highest BCUT2D eigenvalue weighted by atomic mass is 16.4. The Morgan fingerprint density at radius 2 is 2.24 bits per heavy atom. The summed E-state index contributed by atoms with van der Waals surface area (Å²) in [7, 11) is 3.17. The number of aryl methyl sites for hydroxylation is 1. The largest absolute Gasteiger partial charge is 0.419 e. The topological polar surface area (TPSA) is 93.5 Å². The molecule has 17 heavy (non-hydrogen) atoms. The Kier molecular flexibility index (Phi) is 2.60. The third-order valence-corrected chi connectivity index (χ3v) is 2.59. The number of rotatable bonds is 1. The van der Waals surface area contributed by atoms with Gasteiger partial charge in [0.05, 0.1) is 5.52 Å². The maximum absolute atomic E-state index is 11.3. The quantitative estimate of drug-likeness (QED) is 0.418. The molecule has 7 nitrogen and oxygen atoms in total. The molecule has 0 aliphatic heterocycles. The molecule has 1 aromatic carbocycles. The van der Waals surface area contributed by atoms with E-state index in [1.807, 2.05) is 5.43 Å². The molecule has 0 unspecified atom stereocenters. The van der Waals surface area contributed by atoms with Crippen molar-refractivity contribution in [1.82, 2.24) is 9.99 Å². The van der Waals surface area contributed by atoms with Crippen molar-refractivity contribution in [2.45, 2.75) is 0 Å². The lowest BCUT2D eigenvalue weighted by Crippen LogP contribution is -2.41. The highest BCUT2D eigenvalue weighted by molar-refractivity contribution is 5.93. The smallest absolute Gasteiger partial charge is 0.408 e. The molecule has 2 aromatic rings. The zero-order chi connectivity index (χ0) is 12.6. The molecule has 2 rings (SSSR count). The van der Waals surface area contributed by atoms with Crippen LogP contribution in [0.5, 0.6) is 0 Å². The Morgan fingerprint density at radius 3 is 2.88 bits per heavy atom. The lowest BCUT2D eigenvalue weighted by Gasteiger charge is -2.16. The molecule has 2 amide bonds. The summed E-state index contributed by atoms with van der Waals surface area (Å²) in [5, 5.41) is 0. The molecule has 0 atom stereocenters. The van der Waals surface area contributed by atoms with E-state index in [0.717, 1.165) is 0 Å². The number of amides is 2. The van der Waals surface area contributed by atoms with Crippen LogP contribution < -0.4 is 21.9 Å². The number of hydrogen-bond donors (Lipinski definition) is 2. The summed E-state index contributed by atoms with van der Waals surface area (Å²) < 4.78 is 6.35. The van der Waals surface area contributed by atoms with Gasteiger partial charge in [0.2, 0.25) is 0 Å². The van der Waals surface area contributed by atoms with Crippen LogP contribution in [0.3, 0.4) is 0 Å². The number of hydrogen-bond acceptors (Lipinski definition) is 4. The minimum absolute atomic E-state index is 0.442. The van der Waals surface area contributed by atoms with Crippen LogP contribution in [-0.2, 0) is 7.05 Å². The highest BCUT2D eigenvalue weighted by Crippen LogP contribution is 2.20. The number of carbonyl (C=O) groups excluding carboxylic acids is 1. The number of hydrazine groups is 1. The number of fused-ring (bicyclic) bond motifs is 1. The number of carbonyl (C=O) groups is 1. The lowest BCUT2D eigenvalue weighted by atomic mass is 10.2. The Bertz CT molecular complexity index is 628. The molecule has 1 heterocycles. The highest BCUT2D eigenvalue weighted by Gasteiger charge is 2.12. The van der Waals surface area contributed by atoms with Gasteiger partial charge in [-0.3, -0.25) is 14.9 Å². The fraction of sp³-hybridized carbons (Fsp3) is 0.200. The summed E-state index contributed by atoms with van der Waals surface area (Å²) in [5.74, 6) is 4.60. The van der Waals surface area contributed by atoms with Crippen molar-refractivity contribution in [2.24, 2.45) is 12.9 Å². The summed E-state index contributed by atoms with van der Waals surface area (Å²) in [6.07, 6.45) is 0. The van der Waals surface area contributed by atoms with E-state index < -0.39 is 11.8 Å². The molecule has 0 saturated carbocycles. The van der Waals surface area contributed by atoms with E-state index in [-0.39, 0.29) is 0 Å². The maximum atomic E-state index is 11.3. The number of nitrogens with one attached hydrogen (secondary N) is 1. The van der Waals surface area contributed by atoms with Gasteiger partial charge in [0.15, 0.2) is 5.58 Å². The molecular weight excluding hydrogens is 224 g/mol. The minimum Gasteiger partial charge on any atom is -0.408 e. The van der Waals surface area contributed by atoms with E-state index in [2.05, 4.69) is 0 Å².